The Balaban J connectivity index is 1.53. The molecule has 2 N–H and O–H groups in total. The zero-order chi connectivity index (χ0) is 30.1. The molecule has 4 rings (SSSR count). The summed E-state index contributed by atoms with van der Waals surface area (Å²) in [5, 5.41) is 14.0. The highest BCUT2D eigenvalue weighted by molar-refractivity contribution is 6.06. The first-order valence-electron chi connectivity index (χ1n) is 15.2. The van der Waals surface area contributed by atoms with Gasteiger partial charge in [0.1, 0.15) is 11.6 Å². The van der Waals surface area contributed by atoms with Crippen molar-refractivity contribution in [3.63, 3.8) is 0 Å². The van der Waals surface area contributed by atoms with E-state index in [-0.39, 0.29) is 29.7 Å². The maximum absolute atomic E-state index is 12.6. The van der Waals surface area contributed by atoms with Gasteiger partial charge in [0.25, 0.3) is 0 Å². The number of nitrogens with one attached hydrogen (secondary N) is 1. The second-order valence-corrected chi connectivity index (χ2v) is 11.5. The van der Waals surface area contributed by atoms with Gasteiger partial charge in [-0.2, -0.15) is 0 Å². The minimum atomic E-state index is -0.218. The number of anilines is 1. The molecule has 1 aliphatic heterocycles. The number of hydrogen-bond donors (Lipinski definition) is 2. The van der Waals surface area contributed by atoms with Gasteiger partial charge in [0.05, 0.1) is 13.5 Å². The fraction of sp³-hybridized carbons (Fsp3) is 0.417. The molecular formula is C36H44N2O4. The van der Waals surface area contributed by atoms with Gasteiger partial charge in [-0.25, -0.2) is 4.98 Å². The summed E-state index contributed by atoms with van der Waals surface area (Å²) in [7, 11) is 1.50. The lowest BCUT2D eigenvalue weighted by molar-refractivity contribution is -0.124. The van der Waals surface area contributed by atoms with Gasteiger partial charge in [0.2, 0.25) is 0 Å². The van der Waals surface area contributed by atoms with Crippen LogP contribution in [0.3, 0.4) is 0 Å². The normalized spacial score (nSPS) is 14.4. The number of aromatic hydroxyl groups is 1. The van der Waals surface area contributed by atoms with Gasteiger partial charge in [-0.05, 0) is 79.6 Å². The molecule has 222 valence electrons. The van der Waals surface area contributed by atoms with Crippen molar-refractivity contribution < 1.29 is 19.4 Å². The number of ether oxygens (including phenoxy) is 1. The van der Waals surface area contributed by atoms with E-state index in [4.69, 9.17) is 9.72 Å². The molecule has 1 aliphatic rings. The summed E-state index contributed by atoms with van der Waals surface area (Å²) in [5.74, 6) is 1.29. The van der Waals surface area contributed by atoms with Crippen LogP contribution in [-0.2, 0) is 16.0 Å². The SMILES string of the molecule is CCCCCCCC(=O)CC(=O)C=Cc1cc(OC)c(O)cc1Cc1cnc2c(c1)C(c1cc(C)cc(C)c1)CCN2. The van der Waals surface area contributed by atoms with Crippen LogP contribution in [0, 0.1) is 13.8 Å². The summed E-state index contributed by atoms with van der Waals surface area (Å²) in [4.78, 5) is 29.7. The number of carbonyl (C=O) groups is 2. The van der Waals surface area contributed by atoms with Gasteiger partial charge in [0, 0.05) is 30.6 Å². The Labute approximate surface area is 250 Å². The van der Waals surface area contributed by atoms with Crippen molar-refractivity contribution in [2.24, 2.45) is 0 Å². The number of rotatable bonds is 14. The summed E-state index contributed by atoms with van der Waals surface area (Å²) in [6.07, 6.45) is 12.3. The molecule has 1 atom stereocenters. The zero-order valence-electron chi connectivity index (χ0n) is 25.5. The fourth-order valence-corrected chi connectivity index (χ4v) is 5.85. The molecule has 2 aromatic carbocycles. The highest BCUT2D eigenvalue weighted by Gasteiger charge is 2.24. The van der Waals surface area contributed by atoms with Crippen molar-refractivity contribution in [1.82, 2.24) is 4.98 Å². The van der Waals surface area contributed by atoms with Gasteiger partial charge in [0.15, 0.2) is 17.3 Å². The lowest BCUT2D eigenvalue weighted by atomic mass is 9.84. The summed E-state index contributed by atoms with van der Waals surface area (Å²) in [5.41, 5.74) is 7.58. The monoisotopic (exact) mass is 568 g/mol. The van der Waals surface area contributed by atoms with Crippen LogP contribution in [0.2, 0.25) is 0 Å². The molecule has 2 heterocycles. The number of Topliss-reactive ketones (excluding diaryl/α,β-unsaturated/α-hetero) is 1. The minimum absolute atomic E-state index is 0.0169. The number of nitrogens with zero attached hydrogens (tertiary/aromatic N) is 1. The largest absolute Gasteiger partial charge is 0.504 e. The zero-order valence-corrected chi connectivity index (χ0v) is 25.5. The number of phenolic OH excluding ortho intramolecular Hbond substituents is 1. The lowest BCUT2D eigenvalue weighted by Gasteiger charge is -2.27. The van der Waals surface area contributed by atoms with Gasteiger partial charge in [-0.1, -0.05) is 68.0 Å². The number of allylic oxidation sites excluding steroid dienone is 1. The first-order chi connectivity index (χ1) is 20.3. The summed E-state index contributed by atoms with van der Waals surface area (Å²) in [6, 6.07) is 12.3. The second-order valence-electron chi connectivity index (χ2n) is 11.5. The molecule has 0 fully saturated rings. The van der Waals surface area contributed by atoms with E-state index in [0.717, 1.165) is 61.2 Å². The average Bonchev–Trinajstić information content (AvgIpc) is 2.95. The van der Waals surface area contributed by atoms with E-state index in [1.165, 1.54) is 41.9 Å². The molecule has 0 radical (unpaired) electrons. The van der Waals surface area contributed by atoms with E-state index in [1.54, 1.807) is 18.2 Å². The van der Waals surface area contributed by atoms with E-state index in [2.05, 4.69) is 50.4 Å². The Bertz CT molecular complexity index is 1420. The van der Waals surface area contributed by atoms with Crippen LogP contribution in [-0.4, -0.2) is 35.3 Å². The molecule has 0 saturated carbocycles. The number of ketones is 2. The number of aryl methyl sites for hydroxylation is 2. The van der Waals surface area contributed by atoms with Crippen molar-refractivity contribution in [1.29, 1.82) is 0 Å². The molecule has 0 bridgehead atoms. The highest BCUT2D eigenvalue weighted by atomic mass is 16.5. The van der Waals surface area contributed by atoms with Crippen molar-refractivity contribution in [3.05, 3.63) is 87.6 Å². The van der Waals surface area contributed by atoms with Crippen LogP contribution >= 0.6 is 0 Å². The van der Waals surface area contributed by atoms with E-state index in [9.17, 15) is 14.7 Å². The molecule has 0 spiro atoms. The molecule has 0 saturated heterocycles. The fourth-order valence-electron chi connectivity index (χ4n) is 5.85. The third-order valence-corrected chi connectivity index (χ3v) is 7.94. The number of unbranched alkanes of at least 4 members (excludes halogenated alkanes) is 4. The Morgan fingerprint density at radius 2 is 1.81 bits per heavy atom. The number of phenols is 1. The molecule has 42 heavy (non-hydrogen) atoms. The number of aromatic nitrogens is 1. The van der Waals surface area contributed by atoms with Gasteiger partial charge in [-0.3, -0.25) is 9.59 Å². The molecule has 3 aromatic rings. The number of pyridine rings is 1. The first-order valence-corrected chi connectivity index (χ1v) is 15.2. The Morgan fingerprint density at radius 3 is 2.55 bits per heavy atom. The number of hydrogen-bond acceptors (Lipinski definition) is 6. The van der Waals surface area contributed by atoms with Gasteiger partial charge in [-0.15, -0.1) is 0 Å². The molecule has 0 aliphatic carbocycles. The smallest absolute Gasteiger partial charge is 0.163 e. The Kier molecular flexibility index (Phi) is 10.9. The van der Waals surface area contributed by atoms with E-state index in [1.807, 2.05) is 6.20 Å². The van der Waals surface area contributed by atoms with Crippen LogP contribution in [0.25, 0.3) is 6.08 Å². The van der Waals surface area contributed by atoms with Crippen LogP contribution in [0.1, 0.15) is 103 Å². The number of fused-ring (bicyclic) bond motifs is 1. The molecular weight excluding hydrogens is 524 g/mol. The quantitative estimate of drug-likeness (QED) is 0.117. The maximum atomic E-state index is 12.6. The van der Waals surface area contributed by atoms with Crippen molar-refractivity contribution >= 4 is 23.5 Å². The summed E-state index contributed by atoms with van der Waals surface area (Å²) < 4.78 is 5.35. The molecule has 0 amide bonds. The van der Waals surface area contributed by atoms with E-state index >= 15 is 0 Å². The standard InChI is InChI=1S/C36H44N2O4/c1-5-6-7-8-9-10-30(39)22-31(40)12-11-27-21-35(42-4)34(41)20-28(27)18-26-19-33-32(13-14-37-36(33)38-23-26)29-16-24(2)15-25(3)17-29/h11-12,15-17,19-21,23,32,41H,5-10,13-14,18,22H2,1-4H3,(H,37,38). The van der Waals surface area contributed by atoms with Crippen molar-refractivity contribution in [2.45, 2.75) is 84.5 Å². The third kappa shape index (κ3) is 8.31. The maximum Gasteiger partial charge on any atom is 0.163 e. The Morgan fingerprint density at radius 1 is 1.05 bits per heavy atom. The number of benzene rings is 2. The lowest BCUT2D eigenvalue weighted by Crippen LogP contribution is -2.19. The van der Waals surface area contributed by atoms with Crippen LogP contribution < -0.4 is 10.1 Å². The number of methoxy groups -OCH3 is 1. The molecule has 6 nitrogen and oxygen atoms in total. The molecule has 1 unspecified atom stereocenters. The third-order valence-electron chi connectivity index (χ3n) is 7.94. The summed E-state index contributed by atoms with van der Waals surface area (Å²) in [6.45, 7) is 7.30. The Hall–Kier alpha value is -3.93. The van der Waals surface area contributed by atoms with E-state index < -0.39 is 0 Å². The topological polar surface area (TPSA) is 88.5 Å². The highest BCUT2D eigenvalue weighted by Crippen LogP contribution is 2.38. The predicted molar refractivity (Wildman–Crippen MR) is 170 cm³/mol. The number of carbonyl (C=O) groups excluding carboxylic acids is 2. The van der Waals surface area contributed by atoms with Crippen molar-refractivity contribution in [3.8, 4) is 11.5 Å². The van der Waals surface area contributed by atoms with Crippen LogP contribution in [0.4, 0.5) is 5.82 Å². The average molecular weight is 569 g/mol. The first kappa shape index (κ1) is 31.0. The van der Waals surface area contributed by atoms with Crippen LogP contribution in [0.15, 0.2) is 48.7 Å². The molecule has 6 heteroatoms. The second kappa shape index (κ2) is 14.8. The minimum Gasteiger partial charge on any atom is -0.504 e. The van der Waals surface area contributed by atoms with Crippen LogP contribution in [0.5, 0.6) is 11.5 Å². The van der Waals surface area contributed by atoms with Crippen molar-refractivity contribution in [2.75, 3.05) is 19.0 Å². The van der Waals surface area contributed by atoms with E-state index in [0.29, 0.717) is 18.6 Å². The van der Waals surface area contributed by atoms with Gasteiger partial charge >= 0.3 is 0 Å². The summed E-state index contributed by atoms with van der Waals surface area (Å²) >= 11 is 0. The predicted octanol–water partition coefficient (Wildman–Crippen LogP) is 7.85. The molecule has 1 aromatic heterocycles. The van der Waals surface area contributed by atoms with Gasteiger partial charge < -0.3 is 15.2 Å².